The van der Waals surface area contributed by atoms with E-state index in [4.69, 9.17) is 0 Å². The Kier molecular flexibility index (Phi) is 3.84. The molecule has 88 valence electrons. The third-order valence-corrected chi connectivity index (χ3v) is 3.66. The summed E-state index contributed by atoms with van der Waals surface area (Å²) >= 11 is 1.51. The number of nitrogens with one attached hydrogen (secondary N) is 2. The van der Waals surface area contributed by atoms with Crippen LogP contribution in [0.5, 0.6) is 0 Å². The van der Waals surface area contributed by atoms with Gasteiger partial charge in [0, 0.05) is 31.9 Å². The van der Waals surface area contributed by atoms with Crippen molar-refractivity contribution in [2.24, 2.45) is 0 Å². The Balaban J connectivity index is 1.83. The number of carbonyl (C=O) groups is 2. The average molecular weight is 241 g/mol. The molecule has 2 heterocycles. The molecule has 2 N–H and O–H groups in total. The molecule has 0 aromatic carbocycles. The van der Waals surface area contributed by atoms with Crippen LogP contribution < -0.4 is 10.6 Å². The molecule has 1 fully saturated rings. The van der Waals surface area contributed by atoms with E-state index in [2.05, 4.69) is 10.6 Å². The van der Waals surface area contributed by atoms with Gasteiger partial charge in [-0.1, -0.05) is 6.08 Å². The summed E-state index contributed by atoms with van der Waals surface area (Å²) in [6, 6.07) is -0.278. The highest BCUT2D eigenvalue weighted by Gasteiger charge is 2.21. The summed E-state index contributed by atoms with van der Waals surface area (Å²) < 4.78 is 0. The van der Waals surface area contributed by atoms with Gasteiger partial charge in [0.05, 0.1) is 4.91 Å². The lowest BCUT2D eigenvalue weighted by atomic mass is 10.4. The SMILES string of the molecule is O=C(NC(=O)N1CCNCC1)C1=CCCS1. The van der Waals surface area contributed by atoms with Crippen molar-refractivity contribution in [3.8, 4) is 0 Å². The fourth-order valence-electron chi connectivity index (χ4n) is 1.68. The first kappa shape index (κ1) is 11.5. The van der Waals surface area contributed by atoms with Crippen LogP contribution in [0.2, 0.25) is 0 Å². The molecule has 2 rings (SSSR count). The zero-order valence-electron chi connectivity index (χ0n) is 8.99. The Morgan fingerprint density at radius 3 is 2.75 bits per heavy atom. The molecular formula is C10H15N3O2S. The summed E-state index contributed by atoms with van der Waals surface area (Å²) in [5.41, 5.74) is 0. The monoisotopic (exact) mass is 241 g/mol. The minimum Gasteiger partial charge on any atom is -0.322 e. The van der Waals surface area contributed by atoms with Crippen LogP contribution in [0.25, 0.3) is 0 Å². The van der Waals surface area contributed by atoms with E-state index in [0.717, 1.165) is 25.3 Å². The second kappa shape index (κ2) is 5.36. The van der Waals surface area contributed by atoms with Gasteiger partial charge in [0.25, 0.3) is 5.91 Å². The number of thioether (sulfide) groups is 1. The molecule has 1 saturated heterocycles. The molecule has 3 amide bonds. The Bertz CT molecular complexity index is 324. The minimum absolute atomic E-state index is 0.258. The molecule has 0 saturated carbocycles. The van der Waals surface area contributed by atoms with Crippen molar-refractivity contribution in [2.45, 2.75) is 6.42 Å². The Labute approximate surface area is 98.6 Å². The number of hydrogen-bond donors (Lipinski definition) is 2. The molecule has 0 bridgehead atoms. The first-order valence-corrected chi connectivity index (χ1v) is 6.40. The minimum atomic E-state index is -0.278. The van der Waals surface area contributed by atoms with Crippen LogP contribution in [0, 0.1) is 0 Å². The fraction of sp³-hybridized carbons (Fsp3) is 0.600. The predicted molar refractivity (Wildman–Crippen MR) is 63.1 cm³/mol. The summed E-state index contributed by atoms with van der Waals surface area (Å²) in [5, 5.41) is 5.58. The quantitative estimate of drug-likeness (QED) is 0.686. The molecule has 2 aliphatic heterocycles. The van der Waals surface area contributed by atoms with Gasteiger partial charge < -0.3 is 10.2 Å². The number of urea groups is 1. The van der Waals surface area contributed by atoms with Crippen LogP contribution >= 0.6 is 11.8 Å². The molecule has 2 aliphatic rings. The van der Waals surface area contributed by atoms with E-state index in [-0.39, 0.29) is 11.9 Å². The van der Waals surface area contributed by atoms with Gasteiger partial charge in [-0.2, -0.15) is 0 Å². The third-order valence-electron chi connectivity index (χ3n) is 2.55. The van der Waals surface area contributed by atoms with Crippen LogP contribution in [0.4, 0.5) is 4.79 Å². The smallest absolute Gasteiger partial charge is 0.322 e. The normalized spacial score (nSPS) is 20.5. The van der Waals surface area contributed by atoms with E-state index in [1.165, 1.54) is 11.8 Å². The zero-order valence-corrected chi connectivity index (χ0v) is 9.81. The number of imide groups is 1. The van der Waals surface area contributed by atoms with E-state index in [0.29, 0.717) is 18.0 Å². The van der Waals surface area contributed by atoms with Crippen LogP contribution in [0.15, 0.2) is 11.0 Å². The van der Waals surface area contributed by atoms with Gasteiger partial charge in [0.2, 0.25) is 0 Å². The standard InChI is InChI=1S/C10H15N3O2S/c14-9(8-2-1-7-16-8)12-10(15)13-5-3-11-4-6-13/h2,11H,1,3-7H2,(H,12,14,15). The lowest BCUT2D eigenvalue weighted by molar-refractivity contribution is -0.116. The van der Waals surface area contributed by atoms with Gasteiger partial charge in [-0.05, 0) is 6.42 Å². The first-order valence-electron chi connectivity index (χ1n) is 5.41. The molecule has 0 unspecified atom stereocenters. The van der Waals surface area contributed by atoms with Gasteiger partial charge in [0.1, 0.15) is 0 Å². The predicted octanol–water partition coefficient (Wildman–Crippen LogP) is 0.149. The maximum Gasteiger partial charge on any atom is 0.324 e. The largest absolute Gasteiger partial charge is 0.324 e. The van der Waals surface area contributed by atoms with Crippen molar-refractivity contribution in [2.75, 3.05) is 31.9 Å². The molecule has 5 nitrogen and oxygen atoms in total. The van der Waals surface area contributed by atoms with Gasteiger partial charge in [-0.3, -0.25) is 10.1 Å². The van der Waals surface area contributed by atoms with E-state index < -0.39 is 0 Å². The van der Waals surface area contributed by atoms with Crippen molar-refractivity contribution >= 4 is 23.7 Å². The second-order valence-corrected chi connectivity index (χ2v) is 4.84. The molecule has 0 spiro atoms. The van der Waals surface area contributed by atoms with Crippen molar-refractivity contribution < 1.29 is 9.59 Å². The number of rotatable bonds is 1. The lowest BCUT2D eigenvalue weighted by Crippen LogP contribution is -2.51. The summed E-state index contributed by atoms with van der Waals surface area (Å²) in [6.07, 6.45) is 2.79. The highest BCUT2D eigenvalue weighted by molar-refractivity contribution is 8.04. The fourth-order valence-corrected chi connectivity index (χ4v) is 2.56. The van der Waals surface area contributed by atoms with Crippen molar-refractivity contribution in [1.29, 1.82) is 0 Å². The van der Waals surface area contributed by atoms with Crippen LogP contribution in [0.3, 0.4) is 0 Å². The molecular weight excluding hydrogens is 226 g/mol. The summed E-state index contributed by atoms with van der Waals surface area (Å²) in [6.45, 7) is 2.90. The molecule has 0 atom stereocenters. The van der Waals surface area contributed by atoms with E-state index in [1.807, 2.05) is 6.08 Å². The summed E-state index contributed by atoms with van der Waals surface area (Å²) in [5.74, 6) is 0.677. The average Bonchev–Trinajstić information content (AvgIpc) is 2.83. The first-order chi connectivity index (χ1) is 7.77. The number of piperazine rings is 1. The molecule has 16 heavy (non-hydrogen) atoms. The lowest BCUT2D eigenvalue weighted by Gasteiger charge is -2.27. The van der Waals surface area contributed by atoms with Crippen LogP contribution in [0.1, 0.15) is 6.42 Å². The number of hydrogen-bond acceptors (Lipinski definition) is 4. The van der Waals surface area contributed by atoms with E-state index in [1.54, 1.807) is 4.90 Å². The topological polar surface area (TPSA) is 61.4 Å². The van der Waals surface area contributed by atoms with Crippen LogP contribution in [-0.2, 0) is 4.79 Å². The van der Waals surface area contributed by atoms with Crippen molar-refractivity contribution in [3.05, 3.63) is 11.0 Å². The summed E-state index contributed by atoms with van der Waals surface area (Å²) in [7, 11) is 0. The maximum absolute atomic E-state index is 11.7. The number of amides is 3. The molecule has 0 aliphatic carbocycles. The number of allylic oxidation sites excluding steroid dienone is 1. The third kappa shape index (κ3) is 2.76. The van der Waals surface area contributed by atoms with Gasteiger partial charge in [-0.15, -0.1) is 11.8 Å². The van der Waals surface area contributed by atoms with Gasteiger partial charge >= 0.3 is 6.03 Å². The van der Waals surface area contributed by atoms with Crippen LogP contribution in [-0.4, -0.2) is 48.8 Å². The zero-order chi connectivity index (χ0) is 11.4. The number of nitrogens with zero attached hydrogens (tertiary/aromatic N) is 1. The molecule has 0 aromatic rings. The Morgan fingerprint density at radius 1 is 1.38 bits per heavy atom. The van der Waals surface area contributed by atoms with Gasteiger partial charge in [0.15, 0.2) is 0 Å². The second-order valence-electron chi connectivity index (χ2n) is 3.70. The number of carbonyl (C=O) groups excluding carboxylic acids is 2. The Morgan fingerprint density at radius 2 is 2.12 bits per heavy atom. The molecule has 0 aromatic heterocycles. The van der Waals surface area contributed by atoms with E-state index >= 15 is 0 Å². The molecule has 6 heteroatoms. The highest BCUT2D eigenvalue weighted by atomic mass is 32.2. The highest BCUT2D eigenvalue weighted by Crippen LogP contribution is 2.24. The van der Waals surface area contributed by atoms with Gasteiger partial charge in [-0.25, -0.2) is 4.79 Å². The van der Waals surface area contributed by atoms with E-state index in [9.17, 15) is 9.59 Å². The summed E-state index contributed by atoms with van der Waals surface area (Å²) in [4.78, 5) is 25.7. The molecule has 0 radical (unpaired) electrons. The van der Waals surface area contributed by atoms with Crippen molar-refractivity contribution in [1.82, 2.24) is 15.5 Å². The Hall–Kier alpha value is -1.01. The maximum atomic E-state index is 11.7. The van der Waals surface area contributed by atoms with Crippen molar-refractivity contribution in [3.63, 3.8) is 0 Å².